The smallest absolute Gasteiger partial charge is 0.142 e. The van der Waals surface area contributed by atoms with Crippen LogP contribution in [0, 0.1) is 0 Å². The van der Waals surface area contributed by atoms with Crippen LogP contribution in [0.4, 0.5) is 11.4 Å². The molecule has 0 aromatic heterocycles. The van der Waals surface area contributed by atoms with Gasteiger partial charge in [-0.2, -0.15) is 5.10 Å². The lowest BCUT2D eigenvalue weighted by Crippen LogP contribution is -2.72. The fraction of sp³-hybridized carbons (Fsp3) is 0.471. The van der Waals surface area contributed by atoms with Crippen LogP contribution in [-0.4, -0.2) is 57.5 Å². The van der Waals surface area contributed by atoms with E-state index >= 15 is 0 Å². The third-order valence-electron chi connectivity index (χ3n) is 4.03. The molecule has 1 aliphatic heterocycles. The Bertz CT molecular complexity index is 585. The van der Waals surface area contributed by atoms with E-state index in [1.54, 1.807) is 5.01 Å². The van der Waals surface area contributed by atoms with Crippen LogP contribution in [0.2, 0.25) is 0 Å². The molecule has 2 rings (SSSR count). The number of quaternary nitrogens is 1. The molecule has 6 heteroatoms. The molecule has 0 spiro atoms. The number of nitrogens with two attached hydrogens (primary N) is 1. The van der Waals surface area contributed by atoms with Crippen molar-refractivity contribution >= 4 is 17.6 Å². The summed E-state index contributed by atoms with van der Waals surface area (Å²) in [4.78, 5) is 4.23. The van der Waals surface area contributed by atoms with E-state index in [2.05, 4.69) is 17.0 Å². The van der Waals surface area contributed by atoms with Gasteiger partial charge in [-0.05, 0) is 24.5 Å². The maximum absolute atomic E-state index is 10.3. The molecule has 0 unspecified atom stereocenters. The fourth-order valence-electron chi connectivity index (χ4n) is 2.69. The van der Waals surface area contributed by atoms with E-state index in [0.29, 0.717) is 6.54 Å². The summed E-state index contributed by atoms with van der Waals surface area (Å²) in [5.41, 5.74) is 3.14. The number of rotatable bonds is 6. The SMILES string of the molecule is C[NH2+]/C=C\N(C)C/C=N/N(C)c1cc2c(cc1O)N(C)CCC2. The van der Waals surface area contributed by atoms with Crippen LogP contribution in [0.5, 0.6) is 5.75 Å². The average molecular weight is 318 g/mol. The first kappa shape index (κ1) is 17.1. The first-order valence-electron chi connectivity index (χ1n) is 8.02. The zero-order chi connectivity index (χ0) is 16.8. The number of anilines is 2. The van der Waals surface area contributed by atoms with Gasteiger partial charge in [-0.25, -0.2) is 0 Å². The van der Waals surface area contributed by atoms with Crippen LogP contribution in [0.1, 0.15) is 12.0 Å². The van der Waals surface area contributed by atoms with Crippen molar-refractivity contribution in [3.63, 3.8) is 0 Å². The number of hydrazone groups is 1. The molecule has 0 saturated carbocycles. The van der Waals surface area contributed by atoms with Crippen LogP contribution in [0.25, 0.3) is 0 Å². The zero-order valence-electron chi connectivity index (χ0n) is 14.5. The van der Waals surface area contributed by atoms with E-state index in [0.717, 1.165) is 30.8 Å². The van der Waals surface area contributed by atoms with E-state index in [1.807, 2.05) is 62.1 Å². The molecule has 1 heterocycles. The van der Waals surface area contributed by atoms with E-state index in [4.69, 9.17) is 0 Å². The summed E-state index contributed by atoms with van der Waals surface area (Å²) in [6.07, 6.45) is 8.02. The van der Waals surface area contributed by atoms with Crippen molar-refractivity contribution in [1.82, 2.24) is 4.90 Å². The van der Waals surface area contributed by atoms with E-state index in [1.165, 1.54) is 5.56 Å². The minimum Gasteiger partial charge on any atom is -0.506 e. The molecule has 0 saturated heterocycles. The summed E-state index contributed by atoms with van der Waals surface area (Å²) in [6, 6.07) is 3.90. The molecule has 23 heavy (non-hydrogen) atoms. The number of phenols is 1. The Morgan fingerprint density at radius 2 is 2.17 bits per heavy atom. The maximum Gasteiger partial charge on any atom is 0.142 e. The molecule has 6 nitrogen and oxygen atoms in total. The third-order valence-corrected chi connectivity index (χ3v) is 4.03. The number of hydrogen-bond donors (Lipinski definition) is 2. The van der Waals surface area contributed by atoms with Crippen molar-refractivity contribution in [3.05, 3.63) is 30.1 Å². The normalized spacial score (nSPS) is 14.5. The monoisotopic (exact) mass is 318 g/mol. The molecule has 0 bridgehead atoms. The van der Waals surface area contributed by atoms with Gasteiger partial charge in [0.05, 0.1) is 19.8 Å². The van der Waals surface area contributed by atoms with Crippen molar-refractivity contribution < 1.29 is 10.4 Å². The molecule has 1 aliphatic rings. The Kier molecular flexibility index (Phi) is 5.87. The molecule has 0 atom stereocenters. The average Bonchev–Trinajstić information content (AvgIpc) is 2.53. The highest BCUT2D eigenvalue weighted by molar-refractivity contribution is 5.71. The Balaban J connectivity index is 2.07. The molecular weight excluding hydrogens is 290 g/mol. The van der Waals surface area contributed by atoms with Crippen LogP contribution < -0.4 is 15.2 Å². The van der Waals surface area contributed by atoms with Gasteiger partial charge in [-0.1, -0.05) is 0 Å². The lowest BCUT2D eigenvalue weighted by molar-refractivity contribution is -0.557. The van der Waals surface area contributed by atoms with Crippen molar-refractivity contribution in [1.29, 1.82) is 0 Å². The fourth-order valence-corrected chi connectivity index (χ4v) is 2.69. The molecule has 1 aromatic rings. The lowest BCUT2D eigenvalue weighted by atomic mass is 10.0. The number of aromatic hydroxyl groups is 1. The quantitative estimate of drug-likeness (QED) is 0.601. The lowest BCUT2D eigenvalue weighted by Gasteiger charge is -2.29. The van der Waals surface area contributed by atoms with E-state index in [-0.39, 0.29) is 5.75 Å². The highest BCUT2D eigenvalue weighted by Crippen LogP contribution is 2.36. The second kappa shape index (κ2) is 7.87. The van der Waals surface area contributed by atoms with Gasteiger partial charge < -0.3 is 20.2 Å². The van der Waals surface area contributed by atoms with Crippen LogP contribution in [0.3, 0.4) is 0 Å². The molecule has 3 N–H and O–H groups in total. The van der Waals surface area contributed by atoms with E-state index < -0.39 is 0 Å². The van der Waals surface area contributed by atoms with Crippen molar-refractivity contribution in [2.75, 3.05) is 51.2 Å². The molecular formula is C17H28N5O+. The third kappa shape index (κ3) is 4.39. The predicted molar refractivity (Wildman–Crippen MR) is 96.2 cm³/mol. The summed E-state index contributed by atoms with van der Waals surface area (Å²) < 4.78 is 0. The maximum atomic E-state index is 10.3. The van der Waals surface area contributed by atoms with Gasteiger partial charge in [-0.3, -0.25) is 5.01 Å². The van der Waals surface area contributed by atoms with Gasteiger partial charge >= 0.3 is 0 Å². The molecule has 0 aliphatic carbocycles. The molecule has 126 valence electrons. The van der Waals surface area contributed by atoms with Gasteiger partial charge in [0.25, 0.3) is 0 Å². The number of phenolic OH excluding ortho intramolecular Hbond substituents is 1. The Hall–Kier alpha value is -2.21. The highest BCUT2D eigenvalue weighted by atomic mass is 16.3. The first-order chi connectivity index (χ1) is 11.0. The summed E-state index contributed by atoms with van der Waals surface area (Å²) in [6.45, 7) is 1.75. The number of nitrogens with zero attached hydrogens (tertiary/aromatic N) is 4. The van der Waals surface area contributed by atoms with Crippen LogP contribution in [-0.2, 0) is 6.42 Å². The van der Waals surface area contributed by atoms with Gasteiger partial charge in [0.1, 0.15) is 17.6 Å². The van der Waals surface area contributed by atoms with Crippen molar-refractivity contribution in [2.24, 2.45) is 5.10 Å². The predicted octanol–water partition coefficient (Wildman–Crippen LogP) is 0.793. The summed E-state index contributed by atoms with van der Waals surface area (Å²) >= 11 is 0. The minimum absolute atomic E-state index is 0.269. The standard InChI is InChI=1S/C17H27N5O/c1-18-7-10-20(2)11-8-19-22(4)16-12-14-6-5-9-21(3)15(14)13-17(16)23/h7-8,10,12-13,18,23H,5-6,9,11H2,1-4H3/p+1/b10-7-,19-8+. The van der Waals surface area contributed by atoms with Gasteiger partial charge in [0.15, 0.2) is 0 Å². The Morgan fingerprint density at radius 1 is 1.39 bits per heavy atom. The van der Waals surface area contributed by atoms with Gasteiger partial charge in [0, 0.05) is 45.7 Å². The van der Waals surface area contributed by atoms with Crippen LogP contribution >= 0.6 is 0 Å². The largest absolute Gasteiger partial charge is 0.506 e. The number of benzene rings is 1. The summed E-state index contributed by atoms with van der Waals surface area (Å²) in [5.74, 6) is 0.269. The van der Waals surface area contributed by atoms with Crippen molar-refractivity contribution in [3.8, 4) is 5.75 Å². The molecule has 0 fully saturated rings. The first-order valence-corrected chi connectivity index (χ1v) is 8.02. The minimum atomic E-state index is 0.269. The Labute approximate surface area is 138 Å². The van der Waals surface area contributed by atoms with Crippen LogP contribution in [0.15, 0.2) is 29.6 Å². The Morgan fingerprint density at radius 3 is 2.91 bits per heavy atom. The number of hydrogen-bond acceptors (Lipinski definition) is 5. The highest BCUT2D eigenvalue weighted by Gasteiger charge is 2.18. The molecule has 1 aromatic carbocycles. The molecule has 0 radical (unpaired) electrons. The van der Waals surface area contributed by atoms with Crippen molar-refractivity contribution in [2.45, 2.75) is 12.8 Å². The number of aryl methyl sites for hydroxylation is 1. The second-order valence-corrected chi connectivity index (χ2v) is 5.93. The zero-order valence-corrected chi connectivity index (χ0v) is 14.5. The topological polar surface area (TPSA) is 58.9 Å². The number of fused-ring (bicyclic) bond motifs is 1. The second-order valence-electron chi connectivity index (χ2n) is 5.93. The van der Waals surface area contributed by atoms with Gasteiger partial charge in [-0.15, -0.1) is 0 Å². The van der Waals surface area contributed by atoms with Gasteiger partial charge in [0.2, 0.25) is 0 Å². The summed E-state index contributed by atoms with van der Waals surface area (Å²) in [7, 11) is 7.91. The summed E-state index contributed by atoms with van der Waals surface area (Å²) in [5, 5.41) is 18.4. The molecule has 0 amide bonds. The van der Waals surface area contributed by atoms with E-state index in [9.17, 15) is 5.11 Å².